The molecule has 5 nitrogen and oxygen atoms in total. The SMILES string of the molecule is O=[N+]([O-])C1CCC2NNC(c3ccc(C(F)(F)F)cc3)C2C1. The Kier molecular flexibility index (Phi) is 3.82. The highest BCUT2D eigenvalue weighted by molar-refractivity contribution is 5.28. The van der Waals surface area contributed by atoms with Gasteiger partial charge in [-0.3, -0.25) is 15.5 Å². The standard InChI is InChI=1S/C14H16F3N3O2/c15-14(16,17)9-3-1-8(2-4-9)13-11-7-10(20(21)22)5-6-12(11)18-19-13/h1-4,10-13,18-19H,5-7H2. The molecule has 4 atom stereocenters. The Morgan fingerprint density at radius 2 is 1.82 bits per heavy atom. The maximum Gasteiger partial charge on any atom is 0.416 e. The molecule has 0 radical (unpaired) electrons. The Labute approximate surface area is 125 Å². The molecule has 8 heteroatoms. The Bertz CT molecular complexity index is 561. The second kappa shape index (κ2) is 5.51. The van der Waals surface area contributed by atoms with E-state index in [0.29, 0.717) is 19.3 Å². The summed E-state index contributed by atoms with van der Waals surface area (Å²) in [6.07, 6.45) is -2.70. The first kappa shape index (κ1) is 15.2. The lowest BCUT2D eigenvalue weighted by molar-refractivity contribution is -0.528. The first-order valence-corrected chi connectivity index (χ1v) is 7.18. The summed E-state index contributed by atoms with van der Waals surface area (Å²) in [5, 5.41) is 11.0. The lowest BCUT2D eigenvalue weighted by Gasteiger charge is -2.29. The van der Waals surface area contributed by atoms with Crippen LogP contribution in [0.15, 0.2) is 24.3 Å². The Morgan fingerprint density at radius 1 is 1.14 bits per heavy atom. The molecule has 1 heterocycles. The van der Waals surface area contributed by atoms with Crippen LogP contribution in [0.3, 0.4) is 0 Å². The van der Waals surface area contributed by atoms with Gasteiger partial charge in [0.1, 0.15) is 0 Å². The second-order valence-corrected chi connectivity index (χ2v) is 5.91. The van der Waals surface area contributed by atoms with Crippen LogP contribution in [0.2, 0.25) is 0 Å². The lowest BCUT2D eigenvalue weighted by Crippen LogP contribution is -2.39. The Balaban J connectivity index is 1.78. The second-order valence-electron chi connectivity index (χ2n) is 5.91. The molecular weight excluding hydrogens is 299 g/mol. The quantitative estimate of drug-likeness (QED) is 0.650. The van der Waals surface area contributed by atoms with Gasteiger partial charge in [0, 0.05) is 29.7 Å². The van der Waals surface area contributed by atoms with Crippen LogP contribution in [0.4, 0.5) is 13.2 Å². The molecule has 1 aromatic carbocycles. The van der Waals surface area contributed by atoms with E-state index in [1.807, 2.05) is 0 Å². The third-order valence-corrected chi connectivity index (χ3v) is 4.62. The molecule has 0 bridgehead atoms. The number of nitrogens with zero attached hydrogens (tertiary/aromatic N) is 1. The first-order valence-electron chi connectivity index (χ1n) is 7.18. The number of rotatable bonds is 2. The van der Waals surface area contributed by atoms with Gasteiger partial charge >= 0.3 is 6.18 Å². The molecule has 1 aliphatic heterocycles. The number of alkyl halides is 3. The normalized spacial score (nSPS) is 31.8. The van der Waals surface area contributed by atoms with Gasteiger partial charge in [0.15, 0.2) is 0 Å². The van der Waals surface area contributed by atoms with Crippen LogP contribution in [-0.2, 0) is 6.18 Å². The van der Waals surface area contributed by atoms with Crippen molar-refractivity contribution in [2.24, 2.45) is 5.92 Å². The van der Waals surface area contributed by atoms with E-state index < -0.39 is 17.8 Å². The summed E-state index contributed by atoms with van der Waals surface area (Å²) in [6, 6.07) is 4.36. The van der Waals surface area contributed by atoms with Crippen molar-refractivity contribution < 1.29 is 18.1 Å². The predicted molar refractivity (Wildman–Crippen MR) is 72.4 cm³/mol. The van der Waals surface area contributed by atoms with Crippen LogP contribution >= 0.6 is 0 Å². The van der Waals surface area contributed by atoms with Gasteiger partial charge in [-0.1, -0.05) is 12.1 Å². The monoisotopic (exact) mass is 315 g/mol. The summed E-state index contributed by atoms with van der Waals surface area (Å²) in [7, 11) is 0. The number of nitrogens with one attached hydrogen (secondary N) is 2. The molecule has 2 N–H and O–H groups in total. The average Bonchev–Trinajstić information content (AvgIpc) is 2.89. The molecule has 0 amide bonds. The van der Waals surface area contributed by atoms with E-state index in [1.165, 1.54) is 12.1 Å². The third kappa shape index (κ3) is 2.80. The zero-order valence-corrected chi connectivity index (χ0v) is 11.6. The van der Waals surface area contributed by atoms with Crippen molar-refractivity contribution in [3.63, 3.8) is 0 Å². The van der Waals surface area contributed by atoms with E-state index in [1.54, 1.807) is 0 Å². The average molecular weight is 315 g/mol. The van der Waals surface area contributed by atoms with Crippen LogP contribution < -0.4 is 10.9 Å². The van der Waals surface area contributed by atoms with E-state index in [2.05, 4.69) is 10.9 Å². The number of hydrazine groups is 1. The highest BCUT2D eigenvalue weighted by Gasteiger charge is 2.44. The maximum absolute atomic E-state index is 12.6. The molecule has 3 rings (SSSR count). The van der Waals surface area contributed by atoms with Crippen molar-refractivity contribution in [2.75, 3.05) is 0 Å². The fraction of sp³-hybridized carbons (Fsp3) is 0.571. The first-order chi connectivity index (χ1) is 10.4. The molecule has 0 spiro atoms. The summed E-state index contributed by atoms with van der Waals surface area (Å²) < 4.78 is 37.8. The van der Waals surface area contributed by atoms with Crippen molar-refractivity contribution >= 4 is 0 Å². The minimum absolute atomic E-state index is 0.0147. The Hall–Kier alpha value is -1.67. The number of fused-ring (bicyclic) bond motifs is 1. The van der Waals surface area contributed by atoms with Crippen molar-refractivity contribution in [3.8, 4) is 0 Å². The van der Waals surface area contributed by atoms with Crippen LogP contribution in [0.1, 0.15) is 36.4 Å². The lowest BCUT2D eigenvalue weighted by atomic mass is 9.77. The van der Waals surface area contributed by atoms with Crippen molar-refractivity contribution in [3.05, 3.63) is 45.5 Å². The van der Waals surface area contributed by atoms with E-state index in [4.69, 9.17) is 0 Å². The van der Waals surface area contributed by atoms with Crippen LogP contribution in [0.25, 0.3) is 0 Å². The molecule has 0 aromatic heterocycles. The topological polar surface area (TPSA) is 67.2 Å². The smallest absolute Gasteiger partial charge is 0.264 e. The number of hydrogen-bond acceptors (Lipinski definition) is 4. The van der Waals surface area contributed by atoms with Gasteiger partial charge in [0.2, 0.25) is 6.04 Å². The number of benzene rings is 1. The summed E-state index contributed by atoms with van der Waals surface area (Å²) in [4.78, 5) is 10.7. The van der Waals surface area contributed by atoms with Gasteiger partial charge in [-0.05, 0) is 24.1 Å². The fourth-order valence-corrected chi connectivity index (χ4v) is 3.44. The molecule has 1 saturated heterocycles. The summed E-state index contributed by atoms with van der Waals surface area (Å²) in [6.45, 7) is 0. The molecule has 1 aromatic rings. The molecule has 2 fully saturated rings. The van der Waals surface area contributed by atoms with Crippen molar-refractivity contribution in [1.82, 2.24) is 10.9 Å². The zero-order valence-electron chi connectivity index (χ0n) is 11.6. The number of nitro groups is 1. The van der Waals surface area contributed by atoms with Gasteiger partial charge in [0.05, 0.1) is 11.6 Å². The summed E-state index contributed by atoms with van der Waals surface area (Å²) in [5.74, 6) is 0.0147. The molecule has 1 saturated carbocycles. The number of halogens is 3. The Morgan fingerprint density at radius 3 is 2.41 bits per heavy atom. The molecule has 2 aliphatic rings. The third-order valence-electron chi connectivity index (χ3n) is 4.62. The van der Waals surface area contributed by atoms with Gasteiger partial charge in [-0.2, -0.15) is 13.2 Å². The van der Waals surface area contributed by atoms with Crippen LogP contribution in [0, 0.1) is 16.0 Å². The molecule has 120 valence electrons. The molecular formula is C14H16F3N3O2. The van der Waals surface area contributed by atoms with E-state index in [0.717, 1.165) is 17.7 Å². The highest BCUT2D eigenvalue weighted by Crippen LogP contribution is 2.39. The fourth-order valence-electron chi connectivity index (χ4n) is 3.44. The molecule has 4 unspecified atom stereocenters. The van der Waals surface area contributed by atoms with Crippen LogP contribution in [0.5, 0.6) is 0 Å². The summed E-state index contributed by atoms with van der Waals surface area (Å²) in [5.41, 5.74) is 6.23. The minimum atomic E-state index is -4.36. The van der Waals surface area contributed by atoms with E-state index in [-0.39, 0.29) is 22.9 Å². The maximum atomic E-state index is 12.6. The van der Waals surface area contributed by atoms with Crippen molar-refractivity contribution in [1.29, 1.82) is 0 Å². The minimum Gasteiger partial charge on any atom is -0.264 e. The van der Waals surface area contributed by atoms with Gasteiger partial charge < -0.3 is 0 Å². The van der Waals surface area contributed by atoms with E-state index in [9.17, 15) is 23.3 Å². The van der Waals surface area contributed by atoms with Gasteiger partial charge in [0.25, 0.3) is 0 Å². The number of hydrogen-bond donors (Lipinski definition) is 2. The highest BCUT2D eigenvalue weighted by atomic mass is 19.4. The largest absolute Gasteiger partial charge is 0.416 e. The zero-order chi connectivity index (χ0) is 15.9. The predicted octanol–water partition coefficient (Wildman–Crippen LogP) is 2.67. The van der Waals surface area contributed by atoms with Gasteiger partial charge in [-0.15, -0.1) is 0 Å². The molecule has 1 aliphatic carbocycles. The molecule has 22 heavy (non-hydrogen) atoms. The van der Waals surface area contributed by atoms with E-state index >= 15 is 0 Å². The summed E-state index contributed by atoms with van der Waals surface area (Å²) >= 11 is 0. The van der Waals surface area contributed by atoms with Crippen molar-refractivity contribution in [2.45, 2.75) is 43.6 Å². The van der Waals surface area contributed by atoms with Gasteiger partial charge in [-0.25, -0.2) is 5.43 Å². The van der Waals surface area contributed by atoms with Crippen LogP contribution in [-0.4, -0.2) is 17.0 Å².